The molecule has 0 aliphatic heterocycles. The van der Waals surface area contributed by atoms with E-state index in [9.17, 15) is 13.2 Å². The summed E-state index contributed by atoms with van der Waals surface area (Å²) < 4.78 is 40.0. The first-order valence-corrected chi connectivity index (χ1v) is 6.13. The molecule has 1 aromatic heterocycles. The first kappa shape index (κ1) is 15.0. The van der Waals surface area contributed by atoms with Crippen LogP contribution in [-0.4, -0.2) is 16.3 Å². The smallest absolute Gasteiger partial charge is 0.406 e. The van der Waals surface area contributed by atoms with E-state index < -0.39 is 6.36 Å². The van der Waals surface area contributed by atoms with E-state index in [1.54, 1.807) is 18.3 Å². The van der Waals surface area contributed by atoms with Crippen LogP contribution in [0, 0.1) is 0 Å². The van der Waals surface area contributed by atoms with Gasteiger partial charge in [0.15, 0.2) is 0 Å². The van der Waals surface area contributed by atoms with Crippen LogP contribution in [0.2, 0.25) is 0 Å². The molecule has 0 amide bonds. The summed E-state index contributed by atoms with van der Waals surface area (Å²) in [5.41, 5.74) is 7.07. The second-order valence-electron chi connectivity index (χ2n) is 3.96. The molecular weight excluding hydrogens is 303 g/mol. The third-order valence-electron chi connectivity index (χ3n) is 2.41. The highest BCUT2D eigenvalue weighted by Gasteiger charge is 2.30. The van der Waals surface area contributed by atoms with Gasteiger partial charge < -0.3 is 15.8 Å². The molecule has 2 aromatic rings. The number of benzene rings is 1. The van der Waals surface area contributed by atoms with E-state index in [4.69, 9.17) is 18.0 Å². The molecule has 0 atom stereocenters. The molecule has 0 spiro atoms. The number of nitrogens with one attached hydrogen (secondary N) is 1. The van der Waals surface area contributed by atoms with Gasteiger partial charge in [0, 0.05) is 11.9 Å². The van der Waals surface area contributed by atoms with E-state index in [1.807, 2.05) is 0 Å². The number of rotatable bonds is 4. The first-order valence-electron chi connectivity index (χ1n) is 5.73. The van der Waals surface area contributed by atoms with E-state index in [1.165, 1.54) is 24.3 Å². The standard InChI is InChI=1S/C13H10F3N3OS/c14-13(15,16)20-9-5-3-8(4-6-9)19-10-2-1-7-18-11(10)12(17)21/h1-7,19H,(H2,17,21). The number of hydrogen-bond donors (Lipinski definition) is 2. The second-order valence-corrected chi connectivity index (χ2v) is 4.40. The normalized spacial score (nSPS) is 11.0. The topological polar surface area (TPSA) is 60.2 Å². The number of thiocarbonyl (C=S) groups is 1. The Kier molecular flexibility index (Phi) is 4.27. The van der Waals surface area contributed by atoms with Gasteiger partial charge in [-0.05, 0) is 36.4 Å². The number of nitrogens with zero attached hydrogens (tertiary/aromatic N) is 1. The molecule has 1 heterocycles. The molecule has 1 aromatic carbocycles. The molecule has 110 valence electrons. The van der Waals surface area contributed by atoms with Gasteiger partial charge in [-0.25, -0.2) is 0 Å². The van der Waals surface area contributed by atoms with Crippen LogP contribution in [0.15, 0.2) is 42.6 Å². The third-order valence-corrected chi connectivity index (χ3v) is 2.60. The van der Waals surface area contributed by atoms with Crippen LogP contribution in [0.3, 0.4) is 0 Å². The summed E-state index contributed by atoms with van der Waals surface area (Å²) >= 11 is 4.88. The van der Waals surface area contributed by atoms with Crippen LogP contribution >= 0.6 is 12.2 Å². The van der Waals surface area contributed by atoms with Crippen molar-refractivity contribution in [1.82, 2.24) is 4.98 Å². The summed E-state index contributed by atoms with van der Waals surface area (Å²) in [6.07, 6.45) is -3.17. The number of hydrogen-bond acceptors (Lipinski definition) is 4. The van der Waals surface area contributed by atoms with Crippen molar-refractivity contribution in [3.05, 3.63) is 48.3 Å². The average molecular weight is 313 g/mol. The lowest BCUT2D eigenvalue weighted by Gasteiger charge is -2.12. The third kappa shape index (κ3) is 4.32. The fourth-order valence-corrected chi connectivity index (χ4v) is 1.76. The number of pyridine rings is 1. The van der Waals surface area contributed by atoms with E-state index in [-0.39, 0.29) is 10.7 Å². The van der Waals surface area contributed by atoms with Crippen LogP contribution in [0.1, 0.15) is 5.69 Å². The number of alkyl halides is 3. The second kappa shape index (κ2) is 5.96. The van der Waals surface area contributed by atoms with Crippen LogP contribution in [0.4, 0.5) is 24.5 Å². The average Bonchev–Trinajstić information content (AvgIpc) is 2.40. The first-order chi connectivity index (χ1) is 9.85. The molecule has 2 rings (SSSR count). The minimum Gasteiger partial charge on any atom is -0.406 e. The molecule has 0 fully saturated rings. The van der Waals surface area contributed by atoms with Gasteiger partial charge in [0.05, 0.1) is 5.69 Å². The van der Waals surface area contributed by atoms with Crippen LogP contribution < -0.4 is 15.8 Å². The zero-order chi connectivity index (χ0) is 15.5. The van der Waals surface area contributed by atoms with Crippen molar-refractivity contribution in [2.24, 2.45) is 5.73 Å². The molecule has 8 heteroatoms. The predicted molar refractivity (Wildman–Crippen MR) is 76.5 cm³/mol. The van der Waals surface area contributed by atoms with Crippen molar-refractivity contribution in [2.45, 2.75) is 6.36 Å². The monoisotopic (exact) mass is 313 g/mol. The Morgan fingerprint density at radius 1 is 1.19 bits per heavy atom. The fraction of sp³-hybridized carbons (Fsp3) is 0.0769. The Hall–Kier alpha value is -2.35. The van der Waals surface area contributed by atoms with E-state index >= 15 is 0 Å². The number of ether oxygens (including phenoxy) is 1. The van der Waals surface area contributed by atoms with Crippen LogP contribution in [0.25, 0.3) is 0 Å². The largest absolute Gasteiger partial charge is 0.573 e. The lowest BCUT2D eigenvalue weighted by Crippen LogP contribution is -2.17. The minimum absolute atomic E-state index is 0.120. The molecular formula is C13H10F3N3OS. The van der Waals surface area contributed by atoms with E-state index in [0.717, 1.165) is 0 Å². The number of anilines is 2. The van der Waals surface area contributed by atoms with E-state index in [2.05, 4.69) is 15.0 Å². The number of nitrogens with two attached hydrogens (primary N) is 1. The Morgan fingerprint density at radius 2 is 1.86 bits per heavy atom. The molecule has 3 N–H and O–H groups in total. The van der Waals surface area contributed by atoms with Gasteiger partial charge in [-0.3, -0.25) is 4.98 Å². The van der Waals surface area contributed by atoms with Crippen molar-refractivity contribution in [3.63, 3.8) is 0 Å². The van der Waals surface area contributed by atoms with Gasteiger partial charge in [-0.1, -0.05) is 12.2 Å². The molecule has 21 heavy (non-hydrogen) atoms. The number of aromatic nitrogens is 1. The maximum Gasteiger partial charge on any atom is 0.573 e. The lowest BCUT2D eigenvalue weighted by molar-refractivity contribution is -0.274. The highest BCUT2D eigenvalue weighted by molar-refractivity contribution is 7.80. The minimum atomic E-state index is -4.71. The highest BCUT2D eigenvalue weighted by atomic mass is 32.1. The number of halogens is 3. The van der Waals surface area contributed by atoms with Crippen LogP contribution in [-0.2, 0) is 0 Å². The quantitative estimate of drug-likeness (QED) is 0.848. The van der Waals surface area contributed by atoms with Crippen molar-refractivity contribution < 1.29 is 17.9 Å². The summed E-state index contributed by atoms with van der Waals surface area (Å²) in [4.78, 5) is 4.16. The maximum atomic E-state index is 12.1. The molecule has 0 bridgehead atoms. The van der Waals surface area contributed by atoms with Gasteiger partial charge in [-0.2, -0.15) is 0 Å². The summed E-state index contributed by atoms with van der Waals surface area (Å²) in [6, 6.07) is 8.68. The summed E-state index contributed by atoms with van der Waals surface area (Å²) in [7, 11) is 0. The SMILES string of the molecule is NC(=S)c1ncccc1Nc1ccc(OC(F)(F)F)cc1. The zero-order valence-electron chi connectivity index (χ0n) is 10.5. The zero-order valence-corrected chi connectivity index (χ0v) is 11.3. The lowest BCUT2D eigenvalue weighted by atomic mass is 10.2. The van der Waals surface area contributed by atoms with Gasteiger partial charge in [0.1, 0.15) is 16.4 Å². The Balaban J connectivity index is 2.16. The van der Waals surface area contributed by atoms with Gasteiger partial charge in [0.2, 0.25) is 0 Å². The molecule has 0 unspecified atom stereocenters. The predicted octanol–water partition coefficient (Wildman–Crippen LogP) is 3.36. The molecule has 0 aliphatic rings. The molecule has 0 aliphatic carbocycles. The Labute approximate surface area is 123 Å². The highest BCUT2D eigenvalue weighted by Crippen LogP contribution is 2.25. The summed E-state index contributed by atoms with van der Waals surface area (Å²) in [5, 5.41) is 2.98. The Morgan fingerprint density at radius 3 is 2.43 bits per heavy atom. The molecule has 0 saturated heterocycles. The Bertz CT molecular complexity index is 644. The molecule has 0 radical (unpaired) electrons. The van der Waals surface area contributed by atoms with Gasteiger partial charge >= 0.3 is 6.36 Å². The van der Waals surface area contributed by atoms with Crippen molar-refractivity contribution in [3.8, 4) is 5.75 Å². The van der Waals surface area contributed by atoms with Crippen molar-refractivity contribution >= 4 is 28.6 Å². The fourth-order valence-electron chi connectivity index (χ4n) is 1.60. The summed E-state index contributed by atoms with van der Waals surface area (Å²) in [6.45, 7) is 0. The summed E-state index contributed by atoms with van der Waals surface area (Å²) in [5.74, 6) is -0.297. The van der Waals surface area contributed by atoms with Crippen molar-refractivity contribution in [2.75, 3.05) is 5.32 Å². The molecule has 0 saturated carbocycles. The van der Waals surface area contributed by atoms with Gasteiger partial charge in [0.25, 0.3) is 0 Å². The van der Waals surface area contributed by atoms with Crippen molar-refractivity contribution in [1.29, 1.82) is 0 Å². The van der Waals surface area contributed by atoms with Crippen LogP contribution in [0.5, 0.6) is 5.75 Å². The molecule has 4 nitrogen and oxygen atoms in total. The maximum absolute atomic E-state index is 12.1. The van der Waals surface area contributed by atoms with Gasteiger partial charge in [-0.15, -0.1) is 13.2 Å². The van der Waals surface area contributed by atoms with E-state index in [0.29, 0.717) is 17.1 Å².